The normalized spacial score (nSPS) is 23.4. The molecule has 2 heterocycles. The number of carbonyl (C=O) groups excluding carboxylic acids is 1. The molecule has 4 rings (SSSR count). The third kappa shape index (κ3) is 4.30. The highest BCUT2D eigenvalue weighted by molar-refractivity contribution is 9.10. The van der Waals surface area contributed by atoms with Crippen LogP contribution in [0.5, 0.6) is 0 Å². The second-order valence-electron chi connectivity index (χ2n) is 6.97. The van der Waals surface area contributed by atoms with Crippen LogP contribution in [-0.2, 0) is 11.3 Å². The molecule has 2 fully saturated rings. The molecule has 2 aromatic rings. The zero-order valence-electron chi connectivity index (χ0n) is 14.1. The number of amides is 1. The maximum atomic E-state index is 12.5. The number of hydrogen-bond acceptors (Lipinski definition) is 4. The summed E-state index contributed by atoms with van der Waals surface area (Å²) in [7, 11) is 0. The monoisotopic (exact) mass is 419 g/mol. The van der Waals surface area contributed by atoms with E-state index in [2.05, 4.69) is 48.6 Å². The molecule has 1 aliphatic heterocycles. The molecule has 2 aliphatic rings. The molecule has 1 amide bonds. The van der Waals surface area contributed by atoms with Gasteiger partial charge in [-0.1, -0.05) is 34.5 Å². The van der Waals surface area contributed by atoms with Crippen LogP contribution in [0.3, 0.4) is 0 Å². The Morgan fingerprint density at radius 3 is 2.76 bits per heavy atom. The van der Waals surface area contributed by atoms with Crippen molar-refractivity contribution in [1.29, 1.82) is 0 Å². The third-order valence-corrected chi connectivity index (χ3v) is 6.38. The standard InChI is InChI=1S/C19H22BrN3OS/c20-14-6-4-13(5-7-14)16-10-17(16)18(24)22-19-21-15(12-25-19)11-23-8-2-1-3-9-23/h4-7,12,16-17H,1-3,8-11H2,(H,21,22,24). The summed E-state index contributed by atoms with van der Waals surface area (Å²) in [6.45, 7) is 3.23. The second-order valence-corrected chi connectivity index (χ2v) is 8.74. The molecule has 1 aromatic heterocycles. The number of aromatic nitrogens is 1. The summed E-state index contributed by atoms with van der Waals surface area (Å²) in [6.07, 6.45) is 4.84. The summed E-state index contributed by atoms with van der Waals surface area (Å²) in [5.41, 5.74) is 2.32. The van der Waals surface area contributed by atoms with E-state index in [1.807, 2.05) is 12.1 Å². The Morgan fingerprint density at radius 1 is 1.24 bits per heavy atom. The highest BCUT2D eigenvalue weighted by Gasteiger charge is 2.44. The van der Waals surface area contributed by atoms with Crippen LogP contribution in [0.15, 0.2) is 34.1 Å². The van der Waals surface area contributed by atoms with Gasteiger partial charge in [0.2, 0.25) is 5.91 Å². The lowest BCUT2D eigenvalue weighted by atomic mass is 10.1. The van der Waals surface area contributed by atoms with Gasteiger partial charge in [-0.15, -0.1) is 11.3 Å². The molecule has 1 saturated heterocycles. The Bertz CT molecular complexity index is 739. The van der Waals surface area contributed by atoms with Crippen LogP contribution in [0.1, 0.15) is 42.9 Å². The molecule has 132 valence electrons. The number of anilines is 1. The van der Waals surface area contributed by atoms with Crippen molar-refractivity contribution < 1.29 is 4.79 Å². The Morgan fingerprint density at radius 2 is 2.00 bits per heavy atom. The number of nitrogens with zero attached hydrogens (tertiary/aromatic N) is 2. The van der Waals surface area contributed by atoms with E-state index in [9.17, 15) is 4.79 Å². The van der Waals surface area contributed by atoms with E-state index in [1.54, 1.807) is 0 Å². The quantitative estimate of drug-likeness (QED) is 0.767. The summed E-state index contributed by atoms with van der Waals surface area (Å²) in [5, 5.41) is 5.82. The molecule has 0 radical (unpaired) electrons. The van der Waals surface area contributed by atoms with E-state index in [0.717, 1.165) is 41.4 Å². The molecule has 1 N–H and O–H groups in total. The van der Waals surface area contributed by atoms with Gasteiger partial charge in [0.05, 0.1) is 5.69 Å². The molecule has 25 heavy (non-hydrogen) atoms. The van der Waals surface area contributed by atoms with Gasteiger partial charge in [-0.25, -0.2) is 4.98 Å². The second kappa shape index (κ2) is 7.56. The summed E-state index contributed by atoms with van der Waals surface area (Å²) in [5.74, 6) is 0.531. The summed E-state index contributed by atoms with van der Waals surface area (Å²) in [4.78, 5) is 19.5. The van der Waals surface area contributed by atoms with E-state index in [1.165, 1.54) is 36.2 Å². The van der Waals surface area contributed by atoms with Crippen molar-refractivity contribution in [2.45, 2.75) is 38.1 Å². The van der Waals surface area contributed by atoms with Gasteiger partial charge >= 0.3 is 0 Å². The molecule has 0 spiro atoms. The van der Waals surface area contributed by atoms with Gasteiger partial charge < -0.3 is 5.32 Å². The fourth-order valence-electron chi connectivity index (χ4n) is 3.54. The summed E-state index contributed by atoms with van der Waals surface area (Å²) < 4.78 is 1.07. The van der Waals surface area contributed by atoms with Crippen molar-refractivity contribution in [2.75, 3.05) is 18.4 Å². The van der Waals surface area contributed by atoms with Gasteiger partial charge in [-0.05, 0) is 56.0 Å². The average molecular weight is 420 g/mol. The van der Waals surface area contributed by atoms with E-state index in [-0.39, 0.29) is 11.8 Å². The van der Waals surface area contributed by atoms with E-state index >= 15 is 0 Å². The Hall–Kier alpha value is -1.24. The molecular weight excluding hydrogens is 398 g/mol. The number of rotatable bonds is 5. The first-order chi connectivity index (χ1) is 12.2. The zero-order valence-corrected chi connectivity index (χ0v) is 16.5. The summed E-state index contributed by atoms with van der Waals surface area (Å²) >= 11 is 4.99. The number of thiazole rings is 1. The smallest absolute Gasteiger partial charge is 0.229 e. The number of carbonyl (C=O) groups is 1. The van der Waals surface area contributed by atoms with Gasteiger partial charge in [0.25, 0.3) is 0 Å². The van der Waals surface area contributed by atoms with Crippen molar-refractivity contribution in [3.05, 3.63) is 45.4 Å². The lowest BCUT2D eigenvalue weighted by Gasteiger charge is -2.25. The number of piperidine rings is 1. The van der Waals surface area contributed by atoms with Crippen molar-refractivity contribution in [3.63, 3.8) is 0 Å². The van der Waals surface area contributed by atoms with Crippen molar-refractivity contribution in [1.82, 2.24) is 9.88 Å². The number of nitrogens with one attached hydrogen (secondary N) is 1. The van der Waals surface area contributed by atoms with Crippen LogP contribution in [0, 0.1) is 5.92 Å². The Labute approximate surface area is 160 Å². The fourth-order valence-corrected chi connectivity index (χ4v) is 4.51. The molecule has 2 atom stereocenters. The van der Waals surface area contributed by atoms with Gasteiger partial charge in [0.1, 0.15) is 0 Å². The summed E-state index contributed by atoms with van der Waals surface area (Å²) in [6, 6.07) is 8.27. The first-order valence-electron chi connectivity index (χ1n) is 8.92. The lowest BCUT2D eigenvalue weighted by molar-refractivity contribution is -0.117. The van der Waals surface area contributed by atoms with Crippen LogP contribution in [0.25, 0.3) is 0 Å². The van der Waals surface area contributed by atoms with Crippen molar-refractivity contribution >= 4 is 38.3 Å². The highest BCUT2D eigenvalue weighted by Crippen LogP contribution is 2.48. The van der Waals surface area contributed by atoms with E-state index < -0.39 is 0 Å². The van der Waals surface area contributed by atoms with Gasteiger partial charge in [0.15, 0.2) is 5.13 Å². The van der Waals surface area contributed by atoms with Gasteiger partial charge in [-0.2, -0.15) is 0 Å². The van der Waals surface area contributed by atoms with Crippen LogP contribution >= 0.6 is 27.3 Å². The Kier molecular flexibility index (Phi) is 5.20. The third-order valence-electron chi connectivity index (χ3n) is 5.04. The van der Waals surface area contributed by atoms with Gasteiger partial charge in [0, 0.05) is 22.3 Å². The molecule has 1 aromatic carbocycles. The predicted octanol–water partition coefficient (Wildman–Crippen LogP) is 4.63. The first-order valence-corrected chi connectivity index (χ1v) is 10.6. The molecule has 1 aliphatic carbocycles. The maximum absolute atomic E-state index is 12.5. The molecule has 4 nitrogen and oxygen atoms in total. The SMILES string of the molecule is O=C(Nc1nc(CN2CCCCC2)cs1)C1CC1c1ccc(Br)cc1. The van der Waals surface area contributed by atoms with Gasteiger partial charge in [-0.3, -0.25) is 9.69 Å². The zero-order chi connectivity index (χ0) is 17.2. The molecule has 1 saturated carbocycles. The molecule has 6 heteroatoms. The van der Waals surface area contributed by atoms with Crippen LogP contribution in [0.4, 0.5) is 5.13 Å². The molecular formula is C19H22BrN3OS. The van der Waals surface area contributed by atoms with Crippen molar-refractivity contribution in [2.24, 2.45) is 5.92 Å². The lowest BCUT2D eigenvalue weighted by Crippen LogP contribution is -2.29. The van der Waals surface area contributed by atoms with E-state index in [4.69, 9.17) is 0 Å². The maximum Gasteiger partial charge on any atom is 0.229 e. The van der Waals surface area contributed by atoms with Crippen LogP contribution in [-0.4, -0.2) is 28.9 Å². The average Bonchev–Trinajstić information content (AvgIpc) is 3.31. The topological polar surface area (TPSA) is 45.2 Å². The number of benzene rings is 1. The molecule has 2 unspecified atom stereocenters. The predicted molar refractivity (Wildman–Crippen MR) is 105 cm³/mol. The minimum absolute atomic E-state index is 0.0793. The van der Waals surface area contributed by atoms with Crippen LogP contribution in [0.2, 0.25) is 0 Å². The van der Waals surface area contributed by atoms with Crippen LogP contribution < -0.4 is 5.32 Å². The Balaban J connectivity index is 1.30. The fraction of sp³-hybridized carbons (Fsp3) is 0.474. The van der Waals surface area contributed by atoms with Crippen molar-refractivity contribution in [3.8, 4) is 0 Å². The largest absolute Gasteiger partial charge is 0.302 e. The number of halogens is 1. The van der Waals surface area contributed by atoms with E-state index in [0.29, 0.717) is 5.92 Å². The number of likely N-dealkylation sites (tertiary alicyclic amines) is 1. The minimum atomic E-state index is 0.0793. The first kappa shape index (κ1) is 17.2. The highest BCUT2D eigenvalue weighted by atomic mass is 79.9. The minimum Gasteiger partial charge on any atom is -0.302 e. The number of hydrogen-bond donors (Lipinski definition) is 1. The molecule has 0 bridgehead atoms.